The molecule has 0 radical (unpaired) electrons. The fourth-order valence-electron chi connectivity index (χ4n) is 2.12. The summed E-state index contributed by atoms with van der Waals surface area (Å²) >= 11 is 0. The van der Waals surface area contributed by atoms with Crippen molar-refractivity contribution >= 4 is 0 Å². The lowest BCUT2D eigenvalue weighted by Gasteiger charge is -2.15. The van der Waals surface area contributed by atoms with Gasteiger partial charge in [0, 0.05) is 12.0 Å². The van der Waals surface area contributed by atoms with Gasteiger partial charge in [0.05, 0.1) is 21.3 Å². The van der Waals surface area contributed by atoms with E-state index in [0.717, 1.165) is 17.7 Å². The molecule has 0 spiro atoms. The van der Waals surface area contributed by atoms with E-state index in [1.807, 2.05) is 30.3 Å². The molecule has 2 aromatic carbocycles. The molecule has 0 aliphatic heterocycles. The molecule has 2 rings (SSSR count). The highest BCUT2D eigenvalue weighted by Gasteiger charge is 2.15. The van der Waals surface area contributed by atoms with Crippen molar-refractivity contribution in [2.75, 3.05) is 21.3 Å². The first kappa shape index (κ1) is 13.3. The van der Waals surface area contributed by atoms with Gasteiger partial charge in [-0.15, -0.1) is 0 Å². The van der Waals surface area contributed by atoms with Gasteiger partial charge in [0.1, 0.15) is 0 Å². The Balaban J connectivity index is 2.40. The average molecular weight is 258 g/mol. The van der Waals surface area contributed by atoms with Gasteiger partial charge in [-0.1, -0.05) is 36.4 Å². The number of hydrogen-bond donors (Lipinski definition) is 0. The smallest absolute Gasteiger partial charge is 0.203 e. The largest absolute Gasteiger partial charge is 0.493 e. The number of benzene rings is 2. The van der Waals surface area contributed by atoms with Gasteiger partial charge >= 0.3 is 0 Å². The second-order valence-electron chi connectivity index (χ2n) is 4.16. The fraction of sp³-hybridized carbons (Fsp3) is 0.250. The second-order valence-corrected chi connectivity index (χ2v) is 4.16. The Morgan fingerprint density at radius 1 is 0.737 bits per heavy atom. The molecular weight excluding hydrogens is 240 g/mol. The Kier molecular flexibility index (Phi) is 4.29. The molecule has 0 fully saturated rings. The van der Waals surface area contributed by atoms with E-state index in [1.165, 1.54) is 5.56 Å². The van der Waals surface area contributed by atoms with E-state index in [0.29, 0.717) is 11.5 Å². The number of hydrogen-bond acceptors (Lipinski definition) is 3. The van der Waals surface area contributed by atoms with Gasteiger partial charge in [-0.25, -0.2) is 0 Å². The van der Waals surface area contributed by atoms with Crippen molar-refractivity contribution in [1.82, 2.24) is 0 Å². The third-order valence-electron chi connectivity index (χ3n) is 3.02. The summed E-state index contributed by atoms with van der Waals surface area (Å²) in [6.45, 7) is 0. The van der Waals surface area contributed by atoms with Crippen molar-refractivity contribution in [3.8, 4) is 17.2 Å². The molecule has 100 valence electrons. The number of rotatable bonds is 5. The lowest BCUT2D eigenvalue weighted by atomic mass is 10.0. The summed E-state index contributed by atoms with van der Waals surface area (Å²) in [6, 6.07) is 14.2. The molecule has 0 N–H and O–H groups in total. The maximum atomic E-state index is 5.48. The van der Waals surface area contributed by atoms with Gasteiger partial charge in [0.15, 0.2) is 11.5 Å². The minimum atomic E-state index is 0.637. The molecule has 0 aliphatic rings. The van der Waals surface area contributed by atoms with Crippen LogP contribution in [0, 0.1) is 0 Å². The van der Waals surface area contributed by atoms with Crippen LogP contribution >= 0.6 is 0 Å². The van der Waals surface area contributed by atoms with Crippen LogP contribution in [0.25, 0.3) is 0 Å². The first-order valence-corrected chi connectivity index (χ1v) is 6.12. The van der Waals surface area contributed by atoms with Crippen LogP contribution in [-0.4, -0.2) is 21.3 Å². The van der Waals surface area contributed by atoms with E-state index < -0.39 is 0 Å². The molecule has 0 aromatic heterocycles. The Labute approximate surface area is 113 Å². The Hall–Kier alpha value is -2.16. The monoisotopic (exact) mass is 258 g/mol. The van der Waals surface area contributed by atoms with E-state index in [4.69, 9.17) is 14.2 Å². The van der Waals surface area contributed by atoms with Crippen LogP contribution in [-0.2, 0) is 6.42 Å². The molecule has 19 heavy (non-hydrogen) atoms. The molecule has 0 heterocycles. The van der Waals surface area contributed by atoms with Crippen LogP contribution in [0.5, 0.6) is 17.2 Å². The summed E-state index contributed by atoms with van der Waals surface area (Å²) in [5.74, 6) is 2.04. The van der Waals surface area contributed by atoms with E-state index in [9.17, 15) is 0 Å². The van der Waals surface area contributed by atoms with Gasteiger partial charge in [0.25, 0.3) is 0 Å². The molecular formula is C16H18O3. The molecule has 0 aliphatic carbocycles. The zero-order valence-corrected chi connectivity index (χ0v) is 11.5. The molecule has 3 nitrogen and oxygen atoms in total. The lowest BCUT2D eigenvalue weighted by molar-refractivity contribution is 0.322. The summed E-state index contributed by atoms with van der Waals surface area (Å²) in [4.78, 5) is 0. The number of ether oxygens (including phenoxy) is 3. The first-order valence-electron chi connectivity index (χ1n) is 6.12. The summed E-state index contributed by atoms with van der Waals surface area (Å²) in [5, 5.41) is 0. The van der Waals surface area contributed by atoms with Crippen LogP contribution in [0.3, 0.4) is 0 Å². The van der Waals surface area contributed by atoms with Crippen LogP contribution in [0.1, 0.15) is 11.1 Å². The van der Waals surface area contributed by atoms with Gasteiger partial charge in [-0.3, -0.25) is 0 Å². The third kappa shape index (κ3) is 2.81. The summed E-state index contributed by atoms with van der Waals surface area (Å²) in [7, 11) is 4.88. The van der Waals surface area contributed by atoms with E-state index in [-0.39, 0.29) is 0 Å². The van der Waals surface area contributed by atoms with Crippen LogP contribution in [0.2, 0.25) is 0 Å². The fourth-order valence-corrected chi connectivity index (χ4v) is 2.12. The Morgan fingerprint density at radius 3 is 2.00 bits per heavy atom. The normalized spacial score (nSPS) is 10.1. The average Bonchev–Trinajstić information content (AvgIpc) is 2.47. The molecule has 0 saturated heterocycles. The van der Waals surface area contributed by atoms with Gasteiger partial charge in [0.2, 0.25) is 5.75 Å². The maximum absolute atomic E-state index is 5.48. The van der Waals surface area contributed by atoms with Crippen LogP contribution in [0.4, 0.5) is 0 Å². The summed E-state index contributed by atoms with van der Waals surface area (Å²) in [6.07, 6.45) is 0.796. The predicted octanol–water partition coefficient (Wildman–Crippen LogP) is 3.30. The van der Waals surface area contributed by atoms with Gasteiger partial charge < -0.3 is 14.2 Å². The summed E-state index contributed by atoms with van der Waals surface area (Å²) < 4.78 is 16.1. The van der Waals surface area contributed by atoms with E-state index >= 15 is 0 Å². The van der Waals surface area contributed by atoms with E-state index in [1.54, 1.807) is 21.3 Å². The molecule has 3 heteroatoms. The van der Waals surface area contributed by atoms with Crippen molar-refractivity contribution in [1.29, 1.82) is 0 Å². The topological polar surface area (TPSA) is 27.7 Å². The zero-order chi connectivity index (χ0) is 13.7. The van der Waals surface area contributed by atoms with Crippen molar-refractivity contribution in [3.05, 3.63) is 53.6 Å². The first-order chi connectivity index (χ1) is 9.30. The molecule has 0 saturated carbocycles. The van der Waals surface area contributed by atoms with Crippen molar-refractivity contribution < 1.29 is 14.2 Å². The highest BCUT2D eigenvalue weighted by atomic mass is 16.5. The quantitative estimate of drug-likeness (QED) is 0.823. The van der Waals surface area contributed by atoms with Crippen LogP contribution < -0.4 is 14.2 Å². The molecule has 0 unspecified atom stereocenters. The van der Waals surface area contributed by atoms with Crippen LogP contribution in [0.15, 0.2) is 42.5 Å². The lowest BCUT2D eigenvalue weighted by Crippen LogP contribution is -1.99. The molecule has 0 bridgehead atoms. The Bertz CT molecular complexity index is 535. The van der Waals surface area contributed by atoms with Crippen molar-refractivity contribution in [3.63, 3.8) is 0 Å². The molecule has 0 atom stereocenters. The Morgan fingerprint density at radius 2 is 1.42 bits per heavy atom. The minimum absolute atomic E-state index is 0.637. The minimum Gasteiger partial charge on any atom is -0.493 e. The SMILES string of the molecule is COc1ccc(Cc2ccccc2)c(OC)c1OC. The van der Waals surface area contributed by atoms with Gasteiger partial charge in [-0.2, -0.15) is 0 Å². The highest BCUT2D eigenvalue weighted by Crippen LogP contribution is 2.40. The molecule has 0 amide bonds. The molecule has 2 aromatic rings. The standard InChI is InChI=1S/C16H18O3/c1-17-14-10-9-13(15(18-2)16(14)19-3)11-12-7-5-4-6-8-12/h4-10H,11H2,1-3H3. The second kappa shape index (κ2) is 6.14. The highest BCUT2D eigenvalue weighted by molar-refractivity contribution is 5.56. The zero-order valence-electron chi connectivity index (χ0n) is 11.5. The maximum Gasteiger partial charge on any atom is 0.203 e. The number of methoxy groups -OCH3 is 3. The summed E-state index contributed by atoms with van der Waals surface area (Å²) in [5.41, 5.74) is 2.30. The van der Waals surface area contributed by atoms with E-state index in [2.05, 4.69) is 12.1 Å². The van der Waals surface area contributed by atoms with Crippen molar-refractivity contribution in [2.24, 2.45) is 0 Å². The van der Waals surface area contributed by atoms with Crippen molar-refractivity contribution in [2.45, 2.75) is 6.42 Å². The third-order valence-corrected chi connectivity index (χ3v) is 3.02. The van der Waals surface area contributed by atoms with Gasteiger partial charge in [-0.05, 0) is 11.6 Å². The predicted molar refractivity (Wildman–Crippen MR) is 75.3 cm³/mol.